The fourth-order valence-corrected chi connectivity index (χ4v) is 1.49. The van der Waals surface area contributed by atoms with E-state index >= 15 is 0 Å². The van der Waals surface area contributed by atoms with Crippen molar-refractivity contribution < 1.29 is 13.2 Å². The Kier molecular flexibility index (Phi) is 3.33. The number of nitrogens with zero attached hydrogens (tertiary/aromatic N) is 3. The number of hydrogen-bond acceptors (Lipinski definition) is 4. The van der Waals surface area contributed by atoms with Gasteiger partial charge < -0.3 is 5.32 Å². The van der Waals surface area contributed by atoms with E-state index in [1.54, 1.807) is 0 Å². The molecule has 0 unspecified atom stereocenters. The number of anilines is 2. The maximum atomic E-state index is 12.6. The third kappa shape index (κ3) is 2.98. The Balaban J connectivity index is 2.33. The van der Waals surface area contributed by atoms with Gasteiger partial charge in [0.15, 0.2) is 0 Å². The van der Waals surface area contributed by atoms with Crippen molar-refractivity contribution in [3.63, 3.8) is 0 Å². The molecule has 0 amide bonds. The predicted molar refractivity (Wildman–Crippen MR) is 61.5 cm³/mol. The third-order valence-corrected chi connectivity index (χ3v) is 2.29. The highest BCUT2D eigenvalue weighted by atomic mass is 19.4. The van der Waals surface area contributed by atoms with Crippen molar-refractivity contribution in [1.82, 2.24) is 9.97 Å². The lowest BCUT2D eigenvalue weighted by Gasteiger charge is -2.11. The molecule has 0 fully saturated rings. The van der Waals surface area contributed by atoms with Gasteiger partial charge in [-0.2, -0.15) is 18.4 Å². The largest absolute Gasteiger partial charge is 0.417 e. The minimum atomic E-state index is -4.54. The summed E-state index contributed by atoms with van der Waals surface area (Å²) in [4.78, 5) is 7.52. The Morgan fingerprint density at radius 3 is 2.37 bits per heavy atom. The highest BCUT2D eigenvalue weighted by Gasteiger charge is 2.33. The lowest BCUT2D eigenvalue weighted by atomic mass is 10.1. The van der Waals surface area contributed by atoms with Crippen molar-refractivity contribution in [3.8, 4) is 6.07 Å². The van der Waals surface area contributed by atoms with Crippen LogP contribution < -0.4 is 5.32 Å². The summed E-state index contributed by atoms with van der Waals surface area (Å²) in [6, 6.07) is 4.78. The number of alkyl halides is 3. The van der Waals surface area contributed by atoms with E-state index < -0.39 is 17.3 Å². The van der Waals surface area contributed by atoms with Crippen LogP contribution in [0.4, 0.5) is 24.5 Å². The van der Waals surface area contributed by atoms with Crippen molar-refractivity contribution >= 4 is 11.4 Å². The molecule has 2 rings (SSSR count). The quantitative estimate of drug-likeness (QED) is 0.905. The van der Waals surface area contributed by atoms with Gasteiger partial charge in [0.2, 0.25) is 0 Å². The Labute approximate surface area is 106 Å². The molecule has 0 aliphatic carbocycles. The van der Waals surface area contributed by atoms with Crippen LogP contribution in [0.2, 0.25) is 0 Å². The molecule has 0 radical (unpaired) electrons. The van der Waals surface area contributed by atoms with E-state index in [-0.39, 0.29) is 0 Å². The van der Waals surface area contributed by atoms with Crippen molar-refractivity contribution in [2.75, 3.05) is 5.32 Å². The third-order valence-electron chi connectivity index (χ3n) is 2.29. The SMILES string of the molecule is N#Cc1cc(Nc2cncnc2)ccc1C(F)(F)F. The van der Waals surface area contributed by atoms with Gasteiger partial charge in [-0.3, -0.25) is 0 Å². The van der Waals surface area contributed by atoms with Crippen LogP contribution in [-0.4, -0.2) is 9.97 Å². The minimum Gasteiger partial charge on any atom is -0.353 e. The summed E-state index contributed by atoms with van der Waals surface area (Å²) in [5.41, 5.74) is -0.510. The summed E-state index contributed by atoms with van der Waals surface area (Å²) in [6.45, 7) is 0. The Hall–Kier alpha value is -2.62. The fourth-order valence-electron chi connectivity index (χ4n) is 1.49. The first-order chi connectivity index (χ1) is 9.00. The molecule has 4 nitrogen and oxygen atoms in total. The zero-order valence-corrected chi connectivity index (χ0v) is 9.44. The van der Waals surface area contributed by atoms with Crippen LogP contribution in [0.3, 0.4) is 0 Å². The number of aromatic nitrogens is 2. The van der Waals surface area contributed by atoms with Gasteiger partial charge in [-0.15, -0.1) is 0 Å². The average Bonchev–Trinajstić information content (AvgIpc) is 2.38. The van der Waals surface area contributed by atoms with Crippen molar-refractivity contribution in [2.45, 2.75) is 6.18 Å². The van der Waals surface area contributed by atoms with E-state index in [9.17, 15) is 13.2 Å². The number of rotatable bonds is 2. The first-order valence-corrected chi connectivity index (χ1v) is 5.14. The molecule has 0 atom stereocenters. The van der Waals surface area contributed by atoms with Gasteiger partial charge in [-0.25, -0.2) is 9.97 Å². The summed E-state index contributed by atoms with van der Waals surface area (Å²) in [7, 11) is 0. The molecule has 0 spiro atoms. The second-order valence-electron chi connectivity index (χ2n) is 3.62. The van der Waals surface area contributed by atoms with E-state index in [4.69, 9.17) is 5.26 Å². The van der Waals surface area contributed by atoms with E-state index in [2.05, 4.69) is 15.3 Å². The van der Waals surface area contributed by atoms with Crippen LogP contribution in [0, 0.1) is 11.3 Å². The first-order valence-electron chi connectivity index (χ1n) is 5.14. The zero-order valence-electron chi connectivity index (χ0n) is 9.44. The topological polar surface area (TPSA) is 61.6 Å². The maximum absolute atomic E-state index is 12.6. The number of benzene rings is 1. The predicted octanol–water partition coefficient (Wildman–Crippen LogP) is 3.11. The molecule has 0 bridgehead atoms. The maximum Gasteiger partial charge on any atom is 0.417 e. The fraction of sp³-hybridized carbons (Fsp3) is 0.0833. The summed E-state index contributed by atoms with van der Waals surface area (Å²) in [5, 5.41) is 11.6. The van der Waals surface area contributed by atoms with Gasteiger partial charge in [-0.1, -0.05) is 0 Å². The summed E-state index contributed by atoms with van der Waals surface area (Å²) < 4.78 is 37.8. The van der Waals surface area contributed by atoms with E-state index in [0.717, 1.165) is 12.1 Å². The van der Waals surface area contributed by atoms with Gasteiger partial charge in [0.25, 0.3) is 0 Å². The van der Waals surface area contributed by atoms with Crippen LogP contribution >= 0.6 is 0 Å². The number of nitrogens with one attached hydrogen (secondary N) is 1. The van der Waals surface area contributed by atoms with Crippen LogP contribution in [-0.2, 0) is 6.18 Å². The standard InChI is InChI=1S/C12H7F3N4/c13-12(14,15)11-2-1-9(3-8(11)4-16)19-10-5-17-7-18-6-10/h1-3,5-7,19H. The zero-order chi connectivity index (χ0) is 13.9. The number of nitriles is 1. The molecular weight excluding hydrogens is 257 g/mol. The smallest absolute Gasteiger partial charge is 0.353 e. The van der Waals surface area contributed by atoms with Gasteiger partial charge in [0.05, 0.1) is 35.3 Å². The molecule has 1 heterocycles. The average molecular weight is 264 g/mol. The number of halogens is 3. The number of hydrogen-bond donors (Lipinski definition) is 1. The van der Waals surface area contributed by atoms with Gasteiger partial charge in [-0.05, 0) is 18.2 Å². The van der Waals surface area contributed by atoms with Gasteiger partial charge in [0, 0.05) is 5.69 Å². The Morgan fingerprint density at radius 1 is 1.11 bits per heavy atom. The molecular formula is C12H7F3N4. The van der Waals surface area contributed by atoms with Crippen LogP contribution in [0.25, 0.3) is 0 Å². The molecule has 19 heavy (non-hydrogen) atoms. The minimum absolute atomic E-state index is 0.361. The van der Waals surface area contributed by atoms with Crippen molar-refractivity contribution in [2.24, 2.45) is 0 Å². The summed E-state index contributed by atoms with van der Waals surface area (Å²) >= 11 is 0. The lowest BCUT2D eigenvalue weighted by Crippen LogP contribution is -2.08. The Morgan fingerprint density at radius 2 is 1.79 bits per heavy atom. The normalized spacial score (nSPS) is 10.8. The van der Waals surface area contributed by atoms with Crippen molar-refractivity contribution in [1.29, 1.82) is 5.26 Å². The van der Waals surface area contributed by atoms with Crippen LogP contribution in [0.1, 0.15) is 11.1 Å². The highest BCUT2D eigenvalue weighted by molar-refractivity contribution is 5.61. The second kappa shape index (κ2) is 4.94. The summed E-state index contributed by atoms with van der Waals surface area (Å²) in [6.07, 6.45) is -0.272. The Bertz CT molecular complexity index is 617. The second-order valence-corrected chi connectivity index (χ2v) is 3.62. The van der Waals surface area contributed by atoms with E-state index in [1.807, 2.05) is 0 Å². The molecule has 0 saturated carbocycles. The summed E-state index contributed by atoms with van der Waals surface area (Å²) in [5.74, 6) is 0. The van der Waals surface area contributed by atoms with Gasteiger partial charge >= 0.3 is 6.18 Å². The molecule has 0 saturated heterocycles. The molecule has 2 aromatic rings. The molecule has 7 heteroatoms. The lowest BCUT2D eigenvalue weighted by molar-refractivity contribution is -0.137. The van der Waals surface area contributed by atoms with E-state index in [1.165, 1.54) is 30.9 Å². The first kappa shape index (κ1) is 12.8. The molecule has 0 aliphatic rings. The van der Waals surface area contributed by atoms with Crippen molar-refractivity contribution in [3.05, 3.63) is 48.0 Å². The monoisotopic (exact) mass is 264 g/mol. The highest BCUT2D eigenvalue weighted by Crippen LogP contribution is 2.33. The molecule has 96 valence electrons. The van der Waals surface area contributed by atoms with E-state index in [0.29, 0.717) is 11.4 Å². The molecule has 0 aliphatic heterocycles. The van der Waals surface area contributed by atoms with Crippen LogP contribution in [0.5, 0.6) is 0 Å². The molecule has 1 aromatic heterocycles. The molecule has 1 N–H and O–H groups in total. The van der Waals surface area contributed by atoms with Crippen LogP contribution in [0.15, 0.2) is 36.9 Å². The molecule has 1 aromatic carbocycles. The van der Waals surface area contributed by atoms with Gasteiger partial charge in [0.1, 0.15) is 6.33 Å².